The van der Waals surface area contributed by atoms with E-state index < -0.39 is 0 Å². The molecule has 0 aromatic heterocycles. The number of unbranched alkanes of at least 4 members (excludes halogenated alkanes) is 5. The lowest BCUT2D eigenvalue weighted by Gasteiger charge is -2.15. The first-order chi connectivity index (χ1) is 7.70. The average Bonchev–Trinajstić information content (AvgIpc) is 2.23. The summed E-state index contributed by atoms with van der Waals surface area (Å²) in [5, 5.41) is 9.85. The minimum Gasteiger partial charge on any atom is -0.393 e. The zero-order chi connectivity index (χ0) is 12.2. The molecule has 0 aromatic carbocycles. The highest BCUT2D eigenvalue weighted by molar-refractivity contribution is 4.61. The Kier molecular flexibility index (Phi) is 11.4. The third kappa shape index (κ3) is 10.5. The minimum absolute atomic E-state index is 0.0484. The van der Waals surface area contributed by atoms with Crippen molar-refractivity contribution in [3.05, 3.63) is 0 Å². The van der Waals surface area contributed by atoms with E-state index >= 15 is 0 Å². The van der Waals surface area contributed by atoms with E-state index in [1.54, 1.807) is 0 Å². The maximum absolute atomic E-state index is 9.85. The highest BCUT2D eigenvalue weighted by Gasteiger charge is 2.09. The Balaban J connectivity index is 3.26. The number of hydrogen-bond donors (Lipinski definition) is 1. The summed E-state index contributed by atoms with van der Waals surface area (Å²) in [5.74, 6) is 0.695. The maximum atomic E-state index is 9.85. The van der Waals surface area contributed by atoms with Gasteiger partial charge in [-0.3, -0.25) is 0 Å². The molecule has 16 heavy (non-hydrogen) atoms. The molecule has 0 aliphatic heterocycles. The highest BCUT2D eigenvalue weighted by Crippen LogP contribution is 2.16. The van der Waals surface area contributed by atoms with Crippen LogP contribution in [0.15, 0.2) is 0 Å². The molecule has 2 unspecified atom stereocenters. The molecule has 0 fully saturated rings. The summed E-state index contributed by atoms with van der Waals surface area (Å²) in [5.41, 5.74) is 0. The molecule has 0 rings (SSSR count). The van der Waals surface area contributed by atoms with Crippen molar-refractivity contribution in [3.8, 4) is 0 Å². The van der Waals surface area contributed by atoms with Crippen LogP contribution in [0.1, 0.15) is 85.0 Å². The lowest BCUT2D eigenvalue weighted by molar-refractivity contribution is 0.131. The second-order valence-electron chi connectivity index (χ2n) is 5.34. The normalized spacial score (nSPS) is 15.0. The van der Waals surface area contributed by atoms with Crippen LogP contribution < -0.4 is 0 Å². The summed E-state index contributed by atoms with van der Waals surface area (Å²) in [6, 6.07) is 0. The summed E-state index contributed by atoms with van der Waals surface area (Å²) in [6.07, 6.45) is 12.4. The second-order valence-corrected chi connectivity index (χ2v) is 5.34. The maximum Gasteiger partial charge on any atom is 0.0542 e. The van der Waals surface area contributed by atoms with Crippen LogP contribution in [-0.4, -0.2) is 11.2 Å². The van der Waals surface area contributed by atoms with E-state index in [0.29, 0.717) is 5.92 Å². The van der Waals surface area contributed by atoms with Crippen LogP contribution in [-0.2, 0) is 0 Å². The fourth-order valence-electron chi connectivity index (χ4n) is 2.35. The second kappa shape index (κ2) is 11.4. The van der Waals surface area contributed by atoms with Crippen molar-refractivity contribution in [2.45, 2.75) is 91.1 Å². The molecule has 0 amide bonds. The van der Waals surface area contributed by atoms with Crippen LogP contribution in [0.3, 0.4) is 0 Å². The molecule has 1 heteroatoms. The summed E-state index contributed by atoms with van der Waals surface area (Å²) < 4.78 is 0. The molecule has 0 spiro atoms. The number of hydrogen-bond acceptors (Lipinski definition) is 1. The van der Waals surface area contributed by atoms with Gasteiger partial charge in [-0.05, 0) is 18.8 Å². The van der Waals surface area contributed by atoms with Crippen LogP contribution in [0.2, 0.25) is 0 Å². The van der Waals surface area contributed by atoms with Gasteiger partial charge in [0, 0.05) is 0 Å². The number of aliphatic hydroxyl groups is 1. The molecular formula is C15H32O. The fraction of sp³-hybridized carbons (Fsp3) is 1.00. The fourth-order valence-corrected chi connectivity index (χ4v) is 2.35. The molecule has 2 atom stereocenters. The molecular weight excluding hydrogens is 196 g/mol. The molecule has 0 saturated carbocycles. The molecule has 0 bridgehead atoms. The largest absolute Gasteiger partial charge is 0.393 e. The van der Waals surface area contributed by atoms with E-state index in [1.165, 1.54) is 51.4 Å². The van der Waals surface area contributed by atoms with E-state index in [9.17, 15) is 5.11 Å². The van der Waals surface area contributed by atoms with E-state index in [-0.39, 0.29) is 6.10 Å². The van der Waals surface area contributed by atoms with Crippen LogP contribution in [0.5, 0.6) is 0 Å². The van der Waals surface area contributed by atoms with Crippen LogP contribution in [0.4, 0.5) is 0 Å². The van der Waals surface area contributed by atoms with Crippen molar-refractivity contribution in [1.82, 2.24) is 0 Å². The molecule has 0 aliphatic carbocycles. The Morgan fingerprint density at radius 3 is 2.06 bits per heavy atom. The number of aliphatic hydroxyl groups excluding tert-OH is 1. The highest BCUT2D eigenvalue weighted by atomic mass is 16.3. The molecule has 1 nitrogen and oxygen atoms in total. The first-order valence-corrected chi connectivity index (χ1v) is 7.38. The van der Waals surface area contributed by atoms with Crippen molar-refractivity contribution < 1.29 is 5.11 Å². The van der Waals surface area contributed by atoms with Crippen molar-refractivity contribution in [2.75, 3.05) is 0 Å². The third-order valence-electron chi connectivity index (χ3n) is 3.35. The van der Waals surface area contributed by atoms with E-state index in [1.807, 2.05) is 0 Å². The average molecular weight is 228 g/mol. The first kappa shape index (κ1) is 16.0. The minimum atomic E-state index is -0.0484. The molecule has 0 saturated heterocycles. The Hall–Kier alpha value is -0.0400. The zero-order valence-corrected chi connectivity index (χ0v) is 11.7. The van der Waals surface area contributed by atoms with Gasteiger partial charge in [0.1, 0.15) is 0 Å². The predicted molar refractivity (Wildman–Crippen MR) is 72.7 cm³/mol. The predicted octanol–water partition coefficient (Wildman–Crippen LogP) is 4.92. The Labute approximate surface area is 103 Å². The number of rotatable bonds is 11. The van der Waals surface area contributed by atoms with Gasteiger partial charge in [-0.15, -0.1) is 0 Å². The van der Waals surface area contributed by atoms with Gasteiger partial charge in [0.15, 0.2) is 0 Å². The zero-order valence-electron chi connectivity index (χ0n) is 11.7. The van der Waals surface area contributed by atoms with Crippen molar-refractivity contribution in [1.29, 1.82) is 0 Å². The SMILES string of the molecule is CCCCCCCCC(O)CC(C)CCC. The Bertz CT molecular complexity index is 133. The van der Waals surface area contributed by atoms with Gasteiger partial charge in [0.05, 0.1) is 6.10 Å². The van der Waals surface area contributed by atoms with Crippen LogP contribution >= 0.6 is 0 Å². The molecule has 0 heterocycles. The topological polar surface area (TPSA) is 20.2 Å². The third-order valence-corrected chi connectivity index (χ3v) is 3.35. The van der Waals surface area contributed by atoms with Gasteiger partial charge in [-0.1, -0.05) is 72.1 Å². The van der Waals surface area contributed by atoms with Crippen molar-refractivity contribution in [2.24, 2.45) is 5.92 Å². The van der Waals surface area contributed by atoms with E-state index in [4.69, 9.17) is 0 Å². The lowest BCUT2D eigenvalue weighted by Crippen LogP contribution is -2.11. The van der Waals surface area contributed by atoms with Gasteiger partial charge in [-0.2, -0.15) is 0 Å². The Morgan fingerprint density at radius 2 is 1.44 bits per heavy atom. The van der Waals surface area contributed by atoms with Gasteiger partial charge in [0.25, 0.3) is 0 Å². The molecule has 0 aliphatic rings. The Morgan fingerprint density at radius 1 is 0.812 bits per heavy atom. The van der Waals surface area contributed by atoms with Crippen LogP contribution in [0.25, 0.3) is 0 Å². The summed E-state index contributed by atoms with van der Waals surface area (Å²) in [7, 11) is 0. The van der Waals surface area contributed by atoms with Gasteiger partial charge >= 0.3 is 0 Å². The van der Waals surface area contributed by atoms with Gasteiger partial charge < -0.3 is 5.11 Å². The molecule has 1 N–H and O–H groups in total. The van der Waals surface area contributed by atoms with Gasteiger partial charge in [-0.25, -0.2) is 0 Å². The summed E-state index contributed by atoms with van der Waals surface area (Å²) in [4.78, 5) is 0. The van der Waals surface area contributed by atoms with Crippen molar-refractivity contribution in [3.63, 3.8) is 0 Å². The molecule has 0 radical (unpaired) electrons. The first-order valence-electron chi connectivity index (χ1n) is 7.38. The molecule has 98 valence electrons. The summed E-state index contributed by atoms with van der Waals surface area (Å²) in [6.45, 7) is 6.73. The molecule has 0 aromatic rings. The quantitative estimate of drug-likeness (QED) is 0.497. The van der Waals surface area contributed by atoms with E-state index in [2.05, 4.69) is 20.8 Å². The smallest absolute Gasteiger partial charge is 0.0542 e. The monoisotopic (exact) mass is 228 g/mol. The lowest BCUT2D eigenvalue weighted by atomic mass is 9.96. The summed E-state index contributed by atoms with van der Waals surface area (Å²) >= 11 is 0. The van der Waals surface area contributed by atoms with Crippen molar-refractivity contribution >= 4 is 0 Å². The van der Waals surface area contributed by atoms with Crippen LogP contribution in [0, 0.1) is 5.92 Å². The standard InChI is InChI=1S/C15H32O/c1-4-6-7-8-9-10-12-15(16)13-14(3)11-5-2/h14-16H,4-13H2,1-3H3. The van der Waals surface area contributed by atoms with E-state index in [0.717, 1.165) is 12.8 Å². The van der Waals surface area contributed by atoms with Gasteiger partial charge in [0.2, 0.25) is 0 Å².